The third-order valence-corrected chi connectivity index (χ3v) is 3.39. The zero-order chi connectivity index (χ0) is 14.5. The molecular weight excluding hydrogens is 232 g/mol. The summed E-state index contributed by atoms with van der Waals surface area (Å²) in [7, 11) is 2.21. The van der Waals surface area contributed by atoms with Crippen molar-refractivity contribution in [3.05, 3.63) is 35.4 Å². The summed E-state index contributed by atoms with van der Waals surface area (Å²) in [6.07, 6.45) is 0. The van der Waals surface area contributed by atoms with Gasteiger partial charge in [0.25, 0.3) is 0 Å². The number of aryl methyl sites for hydroxylation is 1. The maximum absolute atomic E-state index is 3.54. The highest BCUT2D eigenvalue weighted by Crippen LogP contribution is 2.18. The molecule has 19 heavy (non-hydrogen) atoms. The lowest BCUT2D eigenvalue weighted by atomic mass is 9.92. The van der Waals surface area contributed by atoms with E-state index in [9.17, 15) is 0 Å². The maximum atomic E-state index is 3.54. The Kier molecular flexibility index (Phi) is 6.02. The van der Waals surface area contributed by atoms with Gasteiger partial charge in [-0.15, -0.1) is 0 Å². The molecule has 1 N–H and O–H groups in total. The first-order valence-electron chi connectivity index (χ1n) is 7.26. The zero-order valence-electron chi connectivity index (χ0n) is 13.5. The highest BCUT2D eigenvalue weighted by atomic mass is 15.1. The molecule has 0 aromatic heterocycles. The molecule has 0 unspecified atom stereocenters. The van der Waals surface area contributed by atoms with Gasteiger partial charge in [-0.05, 0) is 30.5 Å². The lowest BCUT2D eigenvalue weighted by Gasteiger charge is -2.31. The first kappa shape index (κ1) is 16.2. The molecule has 0 fully saturated rings. The van der Waals surface area contributed by atoms with Gasteiger partial charge in [0.05, 0.1) is 0 Å². The molecule has 1 aromatic rings. The van der Waals surface area contributed by atoms with E-state index in [0.29, 0.717) is 11.5 Å². The summed E-state index contributed by atoms with van der Waals surface area (Å²) in [4.78, 5) is 2.42. The first-order valence-corrected chi connectivity index (χ1v) is 7.26. The second kappa shape index (κ2) is 7.06. The Balaban J connectivity index is 2.50. The Morgan fingerprint density at radius 3 is 2.42 bits per heavy atom. The molecule has 0 radical (unpaired) electrons. The Labute approximate surface area is 119 Å². The lowest BCUT2D eigenvalue weighted by molar-refractivity contribution is 0.195. The lowest BCUT2D eigenvalue weighted by Crippen LogP contribution is -2.40. The summed E-state index contributed by atoms with van der Waals surface area (Å²) in [6.45, 7) is 14.4. The molecular formula is C17H30N2. The second-order valence-corrected chi connectivity index (χ2v) is 6.80. The number of rotatable bonds is 7. The summed E-state index contributed by atoms with van der Waals surface area (Å²) >= 11 is 0. The van der Waals surface area contributed by atoms with Crippen LogP contribution in [0.3, 0.4) is 0 Å². The summed E-state index contributed by atoms with van der Waals surface area (Å²) in [5.74, 6) is 0. The summed E-state index contributed by atoms with van der Waals surface area (Å²) in [5, 5.41) is 3.54. The average Bonchev–Trinajstić information content (AvgIpc) is 2.29. The van der Waals surface area contributed by atoms with Crippen LogP contribution < -0.4 is 5.32 Å². The van der Waals surface area contributed by atoms with Gasteiger partial charge in [0.1, 0.15) is 0 Å². The molecule has 1 rings (SSSR count). The van der Waals surface area contributed by atoms with E-state index in [1.54, 1.807) is 0 Å². The molecule has 108 valence electrons. The van der Waals surface area contributed by atoms with Crippen molar-refractivity contribution in [2.24, 2.45) is 5.41 Å². The van der Waals surface area contributed by atoms with E-state index in [1.165, 1.54) is 11.1 Å². The number of hydrogen-bond donors (Lipinski definition) is 1. The summed E-state index contributed by atoms with van der Waals surface area (Å²) < 4.78 is 0. The standard InChI is InChI=1S/C17H30N2/c1-14(2)18-12-17(4,5)13-19(6)11-16-10-8-7-9-15(16)3/h7-10,14,18H,11-13H2,1-6H3. The number of benzene rings is 1. The predicted molar refractivity (Wildman–Crippen MR) is 84.4 cm³/mol. The number of nitrogens with one attached hydrogen (secondary N) is 1. The second-order valence-electron chi connectivity index (χ2n) is 6.80. The van der Waals surface area contributed by atoms with Crippen LogP contribution in [0.15, 0.2) is 24.3 Å². The van der Waals surface area contributed by atoms with E-state index in [1.807, 2.05) is 0 Å². The van der Waals surface area contributed by atoms with Crippen LogP contribution in [0.2, 0.25) is 0 Å². The maximum Gasteiger partial charge on any atom is 0.0233 e. The highest BCUT2D eigenvalue weighted by molar-refractivity contribution is 5.25. The summed E-state index contributed by atoms with van der Waals surface area (Å²) in [6, 6.07) is 9.21. The van der Waals surface area contributed by atoms with Crippen molar-refractivity contribution in [3.63, 3.8) is 0 Å². The van der Waals surface area contributed by atoms with Crippen LogP contribution >= 0.6 is 0 Å². The molecule has 2 nitrogen and oxygen atoms in total. The van der Waals surface area contributed by atoms with Gasteiger partial charge in [0.2, 0.25) is 0 Å². The largest absolute Gasteiger partial charge is 0.314 e. The molecule has 2 heteroatoms. The van der Waals surface area contributed by atoms with E-state index in [0.717, 1.165) is 19.6 Å². The van der Waals surface area contributed by atoms with Crippen molar-refractivity contribution in [1.29, 1.82) is 0 Å². The topological polar surface area (TPSA) is 15.3 Å². The third kappa shape index (κ3) is 6.22. The number of nitrogens with zero attached hydrogens (tertiary/aromatic N) is 1. The van der Waals surface area contributed by atoms with Crippen molar-refractivity contribution < 1.29 is 0 Å². The molecule has 0 atom stereocenters. The fourth-order valence-corrected chi connectivity index (χ4v) is 2.40. The van der Waals surface area contributed by atoms with Gasteiger partial charge in [-0.3, -0.25) is 0 Å². The monoisotopic (exact) mass is 262 g/mol. The minimum atomic E-state index is 0.293. The van der Waals surface area contributed by atoms with Gasteiger partial charge in [-0.25, -0.2) is 0 Å². The molecule has 0 heterocycles. The van der Waals surface area contributed by atoms with Crippen LogP contribution in [0.4, 0.5) is 0 Å². The molecule has 1 aromatic carbocycles. The first-order chi connectivity index (χ1) is 8.80. The van der Waals surface area contributed by atoms with Gasteiger partial charge in [-0.1, -0.05) is 52.0 Å². The van der Waals surface area contributed by atoms with E-state index < -0.39 is 0 Å². The zero-order valence-corrected chi connectivity index (χ0v) is 13.5. The molecule has 0 aliphatic heterocycles. The Hall–Kier alpha value is -0.860. The van der Waals surface area contributed by atoms with Crippen LogP contribution in [-0.4, -0.2) is 31.1 Å². The minimum absolute atomic E-state index is 0.293. The Bertz CT molecular complexity index is 383. The number of hydrogen-bond acceptors (Lipinski definition) is 2. The van der Waals surface area contributed by atoms with Crippen LogP contribution in [0.25, 0.3) is 0 Å². The molecule has 0 bridgehead atoms. The van der Waals surface area contributed by atoms with E-state index in [-0.39, 0.29) is 0 Å². The molecule has 0 aliphatic carbocycles. The average molecular weight is 262 g/mol. The summed E-state index contributed by atoms with van der Waals surface area (Å²) in [5.41, 5.74) is 3.10. The fraction of sp³-hybridized carbons (Fsp3) is 0.647. The quantitative estimate of drug-likeness (QED) is 0.809. The van der Waals surface area contributed by atoms with Crippen LogP contribution in [0, 0.1) is 12.3 Å². The van der Waals surface area contributed by atoms with Gasteiger partial charge in [-0.2, -0.15) is 0 Å². The fourth-order valence-electron chi connectivity index (χ4n) is 2.40. The van der Waals surface area contributed by atoms with Crippen molar-refractivity contribution in [3.8, 4) is 0 Å². The normalized spacial score (nSPS) is 12.4. The van der Waals surface area contributed by atoms with Crippen molar-refractivity contribution in [1.82, 2.24) is 10.2 Å². The van der Waals surface area contributed by atoms with Gasteiger partial charge < -0.3 is 10.2 Å². The van der Waals surface area contributed by atoms with Gasteiger partial charge in [0.15, 0.2) is 0 Å². The van der Waals surface area contributed by atoms with Crippen LogP contribution in [0.5, 0.6) is 0 Å². The van der Waals surface area contributed by atoms with Crippen molar-refractivity contribution in [2.45, 2.75) is 47.2 Å². The highest BCUT2D eigenvalue weighted by Gasteiger charge is 2.20. The molecule has 0 saturated heterocycles. The molecule has 0 amide bonds. The van der Waals surface area contributed by atoms with Gasteiger partial charge >= 0.3 is 0 Å². The SMILES string of the molecule is Cc1ccccc1CN(C)CC(C)(C)CNC(C)C. The van der Waals surface area contributed by atoms with Crippen molar-refractivity contribution in [2.75, 3.05) is 20.1 Å². The van der Waals surface area contributed by atoms with Crippen molar-refractivity contribution >= 4 is 0 Å². The Morgan fingerprint density at radius 2 is 1.84 bits per heavy atom. The molecule has 0 aliphatic rings. The van der Waals surface area contributed by atoms with E-state index in [4.69, 9.17) is 0 Å². The molecule has 0 spiro atoms. The third-order valence-electron chi connectivity index (χ3n) is 3.39. The van der Waals surface area contributed by atoms with Gasteiger partial charge in [0, 0.05) is 25.7 Å². The van der Waals surface area contributed by atoms with E-state index in [2.05, 4.69) is 76.1 Å². The van der Waals surface area contributed by atoms with E-state index >= 15 is 0 Å². The smallest absolute Gasteiger partial charge is 0.0233 e. The Morgan fingerprint density at radius 1 is 1.21 bits per heavy atom. The minimum Gasteiger partial charge on any atom is -0.314 e. The molecule has 0 saturated carbocycles. The van der Waals surface area contributed by atoms with Crippen LogP contribution in [-0.2, 0) is 6.54 Å². The predicted octanol–water partition coefficient (Wildman–Crippen LogP) is 3.45. The van der Waals surface area contributed by atoms with Crippen LogP contribution in [0.1, 0.15) is 38.8 Å².